The Morgan fingerprint density at radius 3 is 2.67 bits per heavy atom. The smallest absolute Gasteiger partial charge is 0.209 e. The Morgan fingerprint density at radius 1 is 1.44 bits per heavy atom. The van der Waals surface area contributed by atoms with Gasteiger partial charge in [-0.15, -0.1) is 0 Å². The lowest BCUT2D eigenvalue weighted by atomic mass is 10.1. The number of halogens is 2. The van der Waals surface area contributed by atoms with Gasteiger partial charge in [0.25, 0.3) is 0 Å². The number of hydrogen-bond donors (Lipinski definition) is 2. The maximum Gasteiger partial charge on any atom is 0.209 e. The summed E-state index contributed by atoms with van der Waals surface area (Å²) in [5, 5.41) is 8.41. The second kappa shape index (κ2) is 4.00. The number of pyridine rings is 1. The van der Waals surface area contributed by atoms with E-state index in [1.807, 2.05) is 0 Å². The summed E-state index contributed by atoms with van der Waals surface area (Å²) >= 11 is 0. The van der Waals surface area contributed by atoms with Crippen LogP contribution in [0.15, 0.2) is 11.0 Å². The molecule has 2 aromatic rings. The van der Waals surface area contributed by atoms with E-state index in [0.29, 0.717) is 0 Å². The van der Waals surface area contributed by atoms with Gasteiger partial charge in [-0.3, -0.25) is 4.79 Å². The zero-order valence-electron chi connectivity index (χ0n) is 9.17. The number of anilines is 1. The van der Waals surface area contributed by atoms with Crippen molar-refractivity contribution in [3.05, 3.63) is 33.6 Å². The van der Waals surface area contributed by atoms with Gasteiger partial charge < -0.3 is 15.5 Å². The number of nitrogens with one attached hydrogen (secondary N) is 1. The van der Waals surface area contributed by atoms with E-state index >= 15 is 0 Å². The average molecular weight is 251 g/mol. The SMILES string of the molecule is COc1c(F)c(F)c(N)c2c(=O)c(C#N)c[nH]c12. The summed E-state index contributed by atoms with van der Waals surface area (Å²) in [4.78, 5) is 14.4. The molecule has 3 N–H and O–H groups in total. The maximum absolute atomic E-state index is 13.5. The van der Waals surface area contributed by atoms with Crippen LogP contribution >= 0.6 is 0 Å². The summed E-state index contributed by atoms with van der Waals surface area (Å²) in [6.07, 6.45) is 1.09. The van der Waals surface area contributed by atoms with Crippen LogP contribution < -0.4 is 15.9 Å². The summed E-state index contributed by atoms with van der Waals surface area (Å²) in [5.41, 5.74) is 3.61. The summed E-state index contributed by atoms with van der Waals surface area (Å²) in [5.74, 6) is -3.12. The number of aromatic amines is 1. The first kappa shape index (κ1) is 11.9. The second-order valence-electron chi connectivity index (χ2n) is 3.47. The van der Waals surface area contributed by atoms with Gasteiger partial charge in [0.15, 0.2) is 11.6 Å². The largest absolute Gasteiger partial charge is 0.491 e. The van der Waals surface area contributed by atoms with Crippen LogP contribution in [0, 0.1) is 23.0 Å². The van der Waals surface area contributed by atoms with Crippen molar-refractivity contribution < 1.29 is 13.5 Å². The van der Waals surface area contributed by atoms with Crippen molar-refractivity contribution in [3.63, 3.8) is 0 Å². The van der Waals surface area contributed by atoms with E-state index in [0.717, 1.165) is 13.3 Å². The van der Waals surface area contributed by atoms with E-state index in [1.54, 1.807) is 6.07 Å². The van der Waals surface area contributed by atoms with Gasteiger partial charge in [0.05, 0.1) is 23.7 Å². The molecular weight excluding hydrogens is 244 g/mol. The molecule has 0 radical (unpaired) electrons. The predicted octanol–water partition coefficient (Wildman–Crippen LogP) is 1.27. The fraction of sp³-hybridized carbons (Fsp3) is 0.0909. The monoisotopic (exact) mass is 251 g/mol. The zero-order valence-corrected chi connectivity index (χ0v) is 9.17. The number of hydrogen-bond acceptors (Lipinski definition) is 4. The fourth-order valence-corrected chi connectivity index (χ4v) is 1.68. The Labute approximate surface area is 99.4 Å². The molecule has 2 rings (SSSR count). The van der Waals surface area contributed by atoms with E-state index < -0.39 is 28.5 Å². The molecule has 0 aliphatic rings. The highest BCUT2D eigenvalue weighted by molar-refractivity contribution is 5.95. The number of nitrogens with zero attached hydrogens (tertiary/aromatic N) is 1. The molecule has 0 saturated heterocycles. The van der Waals surface area contributed by atoms with Crippen LogP contribution in [0.2, 0.25) is 0 Å². The second-order valence-corrected chi connectivity index (χ2v) is 3.47. The molecule has 5 nitrogen and oxygen atoms in total. The van der Waals surface area contributed by atoms with Gasteiger partial charge in [-0.1, -0.05) is 0 Å². The molecule has 0 unspecified atom stereocenters. The molecule has 0 saturated carbocycles. The van der Waals surface area contributed by atoms with Crippen molar-refractivity contribution in [2.24, 2.45) is 0 Å². The third-order valence-electron chi connectivity index (χ3n) is 2.53. The Hall–Kier alpha value is -2.62. The Bertz CT molecular complexity index is 747. The molecule has 1 aromatic heterocycles. The van der Waals surface area contributed by atoms with E-state index in [1.165, 1.54) is 0 Å². The number of nitriles is 1. The van der Waals surface area contributed by atoms with E-state index in [4.69, 9.17) is 15.7 Å². The summed E-state index contributed by atoms with van der Waals surface area (Å²) < 4.78 is 31.7. The van der Waals surface area contributed by atoms with Crippen molar-refractivity contribution in [2.45, 2.75) is 0 Å². The summed E-state index contributed by atoms with van der Waals surface area (Å²) in [7, 11) is 1.13. The Morgan fingerprint density at radius 2 is 2.11 bits per heavy atom. The van der Waals surface area contributed by atoms with Crippen LogP contribution in [-0.4, -0.2) is 12.1 Å². The van der Waals surface area contributed by atoms with Crippen LogP contribution in [0.5, 0.6) is 5.75 Å². The molecule has 0 aliphatic carbocycles. The highest BCUT2D eigenvalue weighted by Crippen LogP contribution is 2.32. The van der Waals surface area contributed by atoms with Crippen LogP contribution in [-0.2, 0) is 0 Å². The lowest BCUT2D eigenvalue weighted by Gasteiger charge is -2.10. The number of nitrogens with two attached hydrogens (primary N) is 1. The van der Waals surface area contributed by atoms with Gasteiger partial charge in [-0.25, -0.2) is 4.39 Å². The third-order valence-corrected chi connectivity index (χ3v) is 2.53. The minimum absolute atomic E-state index is 0.0853. The van der Waals surface area contributed by atoms with Gasteiger partial charge in [0.1, 0.15) is 11.6 Å². The molecule has 0 bridgehead atoms. The van der Waals surface area contributed by atoms with Gasteiger partial charge in [-0.05, 0) is 0 Å². The minimum Gasteiger partial charge on any atom is -0.491 e. The van der Waals surface area contributed by atoms with Crippen molar-refractivity contribution in [1.82, 2.24) is 4.98 Å². The highest BCUT2D eigenvalue weighted by Gasteiger charge is 2.22. The summed E-state index contributed by atoms with van der Waals surface area (Å²) in [6.45, 7) is 0. The van der Waals surface area contributed by atoms with Crippen molar-refractivity contribution in [3.8, 4) is 11.8 Å². The number of rotatable bonds is 1. The molecule has 0 aliphatic heterocycles. The minimum atomic E-state index is -1.38. The maximum atomic E-state index is 13.5. The molecular formula is C11H7F2N3O2. The summed E-state index contributed by atoms with van der Waals surface area (Å²) in [6, 6.07) is 1.63. The highest BCUT2D eigenvalue weighted by atomic mass is 19.2. The predicted molar refractivity (Wildman–Crippen MR) is 60.2 cm³/mol. The van der Waals surface area contributed by atoms with Gasteiger partial charge in [0.2, 0.25) is 11.2 Å². The van der Waals surface area contributed by atoms with E-state index in [2.05, 4.69) is 4.98 Å². The molecule has 0 atom stereocenters. The molecule has 92 valence electrons. The van der Waals surface area contributed by atoms with Crippen LogP contribution in [0.25, 0.3) is 10.9 Å². The first-order chi connectivity index (χ1) is 8.52. The topological polar surface area (TPSA) is 91.9 Å². The Balaban J connectivity index is 3.12. The molecule has 0 amide bonds. The lowest BCUT2D eigenvalue weighted by molar-refractivity contribution is 0.377. The number of aromatic nitrogens is 1. The van der Waals surface area contributed by atoms with Crippen LogP contribution in [0.4, 0.5) is 14.5 Å². The van der Waals surface area contributed by atoms with Gasteiger partial charge in [-0.2, -0.15) is 9.65 Å². The normalized spacial score (nSPS) is 10.3. The lowest BCUT2D eigenvalue weighted by Crippen LogP contribution is -2.12. The molecule has 1 aromatic carbocycles. The Kier molecular flexibility index (Phi) is 2.63. The number of fused-ring (bicyclic) bond motifs is 1. The number of benzene rings is 1. The quantitative estimate of drug-likeness (QED) is 0.746. The molecule has 0 fully saturated rings. The first-order valence-corrected chi connectivity index (χ1v) is 4.78. The fourth-order valence-electron chi connectivity index (χ4n) is 1.68. The molecule has 1 heterocycles. The number of nitrogen functional groups attached to an aromatic ring is 1. The number of methoxy groups -OCH3 is 1. The van der Waals surface area contributed by atoms with E-state index in [9.17, 15) is 13.6 Å². The standard InChI is InChI=1S/C11H7F2N3O2/c1-18-11-7(13)6(12)8(15)5-9(11)16-3-4(2-14)10(5)17/h3H,15H2,1H3,(H,16,17). The van der Waals surface area contributed by atoms with Crippen LogP contribution in [0.1, 0.15) is 5.56 Å². The average Bonchev–Trinajstić information content (AvgIpc) is 2.37. The number of H-pyrrole nitrogens is 1. The van der Waals surface area contributed by atoms with E-state index in [-0.39, 0.29) is 16.5 Å². The molecule has 0 spiro atoms. The van der Waals surface area contributed by atoms with Gasteiger partial charge >= 0.3 is 0 Å². The molecule has 18 heavy (non-hydrogen) atoms. The zero-order chi connectivity index (χ0) is 13.4. The van der Waals surface area contributed by atoms with Crippen molar-refractivity contribution in [2.75, 3.05) is 12.8 Å². The van der Waals surface area contributed by atoms with Crippen LogP contribution in [0.3, 0.4) is 0 Å². The third kappa shape index (κ3) is 1.39. The van der Waals surface area contributed by atoms with Gasteiger partial charge in [0, 0.05) is 6.20 Å². The first-order valence-electron chi connectivity index (χ1n) is 4.78. The van der Waals surface area contributed by atoms with Crippen molar-refractivity contribution in [1.29, 1.82) is 5.26 Å². The molecule has 7 heteroatoms. The number of ether oxygens (including phenoxy) is 1. The van der Waals surface area contributed by atoms with Crippen molar-refractivity contribution >= 4 is 16.6 Å².